The molecule has 0 spiro atoms. The molecule has 0 saturated heterocycles. The van der Waals surface area contributed by atoms with Gasteiger partial charge in [0.15, 0.2) is 0 Å². The maximum atomic E-state index is 5.66. The second-order valence-corrected chi connectivity index (χ2v) is 3.73. The lowest BCUT2D eigenvalue weighted by Gasteiger charge is -2.14. The minimum Gasteiger partial charge on any atom is -0.475 e. The van der Waals surface area contributed by atoms with Crippen LogP contribution < -0.4 is 10.5 Å². The molecule has 1 aromatic rings. The zero-order chi connectivity index (χ0) is 10.7. The Hall–Kier alpha value is -1.09. The number of ether oxygens (including phenoxy) is 1. The first-order valence-corrected chi connectivity index (χ1v) is 4.88. The Labute approximate surface area is 85.3 Å². The quantitative estimate of drug-likeness (QED) is 0.800. The average Bonchev–Trinajstić information content (AvgIpc) is 2.01. The van der Waals surface area contributed by atoms with Gasteiger partial charge in [0, 0.05) is 17.8 Å². The van der Waals surface area contributed by atoms with Crippen molar-refractivity contribution in [1.29, 1.82) is 0 Å². The summed E-state index contributed by atoms with van der Waals surface area (Å²) in [6, 6.07) is 2.02. The molecule has 1 aromatic heterocycles. The molecule has 14 heavy (non-hydrogen) atoms. The summed E-state index contributed by atoms with van der Waals surface area (Å²) < 4.78 is 5.61. The number of pyridine rings is 1. The summed E-state index contributed by atoms with van der Waals surface area (Å²) in [4.78, 5) is 4.34. The van der Waals surface area contributed by atoms with Crippen LogP contribution in [0.5, 0.6) is 5.88 Å². The molecule has 0 aromatic carbocycles. The molecule has 1 heterocycles. The molecule has 0 aliphatic heterocycles. The molecule has 2 N–H and O–H groups in total. The van der Waals surface area contributed by atoms with E-state index in [0.717, 1.165) is 16.8 Å². The van der Waals surface area contributed by atoms with E-state index in [9.17, 15) is 0 Å². The van der Waals surface area contributed by atoms with E-state index in [-0.39, 0.29) is 6.10 Å². The van der Waals surface area contributed by atoms with Crippen LogP contribution in [0.2, 0.25) is 0 Å². The van der Waals surface area contributed by atoms with Crippen molar-refractivity contribution < 1.29 is 4.74 Å². The molecule has 3 nitrogen and oxygen atoms in total. The minimum absolute atomic E-state index is 0.133. The van der Waals surface area contributed by atoms with Crippen LogP contribution in [0.3, 0.4) is 0 Å². The summed E-state index contributed by atoms with van der Waals surface area (Å²) in [5.41, 5.74) is 8.78. The first-order valence-electron chi connectivity index (χ1n) is 4.88. The topological polar surface area (TPSA) is 48.1 Å². The van der Waals surface area contributed by atoms with Gasteiger partial charge in [-0.05, 0) is 39.3 Å². The summed E-state index contributed by atoms with van der Waals surface area (Å²) in [6.07, 6.45) is 0.133. The van der Waals surface area contributed by atoms with Gasteiger partial charge in [-0.25, -0.2) is 4.98 Å². The molecule has 1 rings (SSSR count). The maximum absolute atomic E-state index is 5.66. The molecule has 0 bridgehead atoms. The molecule has 0 aliphatic carbocycles. The van der Waals surface area contributed by atoms with E-state index in [1.54, 1.807) is 0 Å². The summed E-state index contributed by atoms with van der Waals surface area (Å²) in [6.45, 7) is 8.44. The second kappa shape index (κ2) is 4.42. The normalized spacial score (nSPS) is 10.7. The predicted octanol–water partition coefficient (Wildman–Crippen LogP) is 1.94. The van der Waals surface area contributed by atoms with Crippen molar-refractivity contribution in [3.63, 3.8) is 0 Å². The summed E-state index contributed by atoms with van der Waals surface area (Å²) in [5, 5.41) is 0. The number of hydrogen-bond acceptors (Lipinski definition) is 3. The largest absolute Gasteiger partial charge is 0.475 e. The molecule has 3 heteroatoms. The van der Waals surface area contributed by atoms with E-state index < -0.39 is 0 Å². The van der Waals surface area contributed by atoms with Crippen LogP contribution in [0.15, 0.2) is 6.07 Å². The van der Waals surface area contributed by atoms with Crippen molar-refractivity contribution in [2.24, 2.45) is 5.73 Å². The number of nitrogens with two attached hydrogens (primary N) is 1. The van der Waals surface area contributed by atoms with E-state index >= 15 is 0 Å². The highest BCUT2D eigenvalue weighted by molar-refractivity contribution is 5.35. The molecular formula is C11H18N2O. The van der Waals surface area contributed by atoms with E-state index in [0.29, 0.717) is 12.4 Å². The Balaban J connectivity index is 3.11. The standard InChI is InChI=1S/C11H18N2O/c1-7(2)14-11-10(6-12)8(3)5-9(4)13-11/h5,7H,6,12H2,1-4H3. The monoisotopic (exact) mass is 194 g/mol. The zero-order valence-corrected chi connectivity index (χ0v) is 9.29. The smallest absolute Gasteiger partial charge is 0.218 e. The van der Waals surface area contributed by atoms with Gasteiger partial charge in [0.1, 0.15) is 0 Å². The summed E-state index contributed by atoms with van der Waals surface area (Å²) in [7, 11) is 0. The number of aryl methyl sites for hydroxylation is 2. The molecule has 0 amide bonds. The van der Waals surface area contributed by atoms with Crippen LogP contribution in [0, 0.1) is 13.8 Å². The molecular weight excluding hydrogens is 176 g/mol. The molecule has 0 radical (unpaired) electrons. The van der Waals surface area contributed by atoms with Crippen LogP contribution >= 0.6 is 0 Å². The first-order chi connectivity index (χ1) is 6.54. The Morgan fingerprint density at radius 1 is 1.43 bits per heavy atom. The predicted molar refractivity (Wildman–Crippen MR) is 57.4 cm³/mol. The first kappa shape index (κ1) is 11.0. The number of hydrogen-bond donors (Lipinski definition) is 1. The van der Waals surface area contributed by atoms with E-state index in [1.807, 2.05) is 33.8 Å². The van der Waals surface area contributed by atoms with Gasteiger partial charge in [0.25, 0.3) is 0 Å². The third kappa shape index (κ3) is 2.45. The Morgan fingerprint density at radius 2 is 2.07 bits per heavy atom. The fraction of sp³-hybridized carbons (Fsp3) is 0.545. The highest BCUT2D eigenvalue weighted by Gasteiger charge is 2.09. The van der Waals surface area contributed by atoms with Gasteiger partial charge < -0.3 is 10.5 Å². The lowest BCUT2D eigenvalue weighted by Crippen LogP contribution is -2.12. The second-order valence-electron chi connectivity index (χ2n) is 3.73. The molecule has 78 valence electrons. The van der Waals surface area contributed by atoms with E-state index in [1.165, 1.54) is 0 Å². The van der Waals surface area contributed by atoms with Gasteiger partial charge >= 0.3 is 0 Å². The highest BCUT2D eigenvalue weighted by Crippen LogP contribution is 2.21. The number of aromatic nitrogens is 1. The van der Waals surface area contributed by atoms with Gasteiger partial charge in [-0.15, -0.1) is 0 Å². The van der Waals surface area contributed by atoms with Crippen molar-refractivity contribution in [1.82, 2.24) is 4.98 Å². The van der Waals surface area contributed by atoms with Gasteiger partial charge in [-0.1, -0.05) is 0 Å². The lowest BCUT2D eigenvalue weighted by atomic mass is 10.1. The van der Waals surface area contributed by atoms with Crippen molar-refractivity contribution in [2.45, 2.75) is 40.3 Å². The SMILES string of the molecule is Cc1cc(C)c(CN)c(OC(C)C)n1. The number of rotatable bonds is 3. The van der Waals surface area contributed by atoms with Gasteiger partial charge in [0.05, 0.1) is 6.10 Å². The summed E-state index contributed by atoms with van der Waals surface area (Å²) >= 11 is 0. The molecule has 0 atom stereocenters. The zero-order valence-electron chi connectivity index (χ0n) is 9.29. The maximum Gasteiger partial charge on any atom is 0.218 e. The van der Waals surface area contributed by atoms with Crippen LogP contribution in [0.4, 0.5) is 0 Å². The van der Waals surface area contributed by atoms with Crippen LogP contribution in [-0.2, 0) is 6.54 Å². The van der Waals surface area contributed by atoms with Crippen LogP contribution in [0.1, 0.15) is 30.7 Å². The van der Waals surface area contributed by atoms with Gasteiger partial charge in [-0.3, -0.25) is 0 Å². The minimum atomic E-state index is 0.133. The van der Waals surface area contributed by atoms with Crippen LogP contribution in [0.25, 0.3) is 0 Å². The van der Waals surface area contributed by atoms with Crippen molar-refractivity contribution >= 4 is 0 Å². The molecule has 0 fully saturated rings. The molecule has 0 unspecified atom stereocenters. The van der Waals surface area contributed by atoms with Crippen molar-refractivity contribution in [2.75, 3.05) is 0 Å². The molecule has 0 aliphatic rings. The van der Waals surface area contributed by atoms with Crippen LogP contribution in [-0.4, -0.2) is 11.1 Å². The number of nitrogens with zero attached hydrogens (tertiary/aromatic N) is 1. The summed E-state index contributed by atoms with van der Waals surface area (Å²) in [5.74, 6) is 0.681. The third-order valence-corrected chi connectivity index (χ3v) is 1.99. The Kier molecular flexibility index (Phi) is 3.47. The average molecular weight is 194 g/mol. The third-order valence-electron chi connectivity index (χ3n) is 1.99. The van der Waals surface area contributed by atoms with Gasteiger partial charge in [-0.2, -0.15) is 0 Å². The van der Waals surface area contributed by atoms with E-state index in [4.69, 9.17) is 10.5 Å². The van der Waals surface area contributed by atoms with E-state index in [2.05, 4.69) is 4.98 Å². The molecule has 0 saturated carbocycles. The Morgan fingerprint density at radius 3 is 2.57 bits per heavy atom. The lowest BCUT2D eigenvalue weighted by molar-refractivity contribution is 0.229. The fourth-order valence-electron chi connectivity index (χ4n) is 1.40. The van der Waals surface area contributed by atoms with Crippen molar-refractivity contribution in [3.05, 3.63) is 22.9 Å². The Bertz CT molecular complexity index is 321. The highest BCUT2D eigenvalue weighted by atomic mass is 16.5. The van der Waals surface area contributed by atoms with Gasteiger partial charge in [0.2, 0.25) is 5.88 Å². The van der Waals surface area contributed by atoms with Crippen molar-refractivity contribution in [3.8, 4) is 5.88 Å². The fourth-order valence-corrected chi connectivity index (χ4v) is 1.40.